The average Bonchev–Trinajstić information content (AvgIpc) is 3.27. The zero-order chi connectivity index (χ0) is 24.3. The van der Waals surface area contributed by atoms with Gasteiger partial charge in [0.15, 0.2) is 12.4 Å². The Hall–Kier alpha value is -4.31. The maximum absolute atomic E-state index is 12.8. The number of carbonyl (C=O) groups is 2. The van der Waals surface area contributed by atoms with Gasteiger partial charge in [-0.2, -0.15) is 0 Å². The quantitative estimate of drug-likeness (QED) is 0.285. The predicted molar refractivity (Wildman–Crippen MR) is 123 cm³/mol. The van der Waals surface area contributed by atoms with Crippen LogP contribution >= 0.6 is 0 Å². The number of hydrogen-bond acceptors (Lipinski definition) is 8. The second-order valence-electron chi connectivity index (χ2n) is 7.13. The van der Waals surface area contributed by atoms with Gasteiger partial charge in [-0.1, -0.05) is 30.3 Å². The summed E-state index contributed by atoms with van der Waals surface area (Å²) in [5.74, 6) is -1.86. The Morgan fingerprint density at radius 2 is 1.74 bits per heavy atom. The van der Waals surface area contributed by atoms with Crippen molar-refractivity contribution in [3.63, 3.8) is 0 Å². The van der Waals surface area contributed by atoms with Crippen LogP contribution in [0, 0.1) is 0 Å². The van der Waals surface area contributed by atoms with Crippen LogP contribution in [0.3, 0.4) is 0 Å². The molecule has 1 heterocycles. The fraction of sp³-hybridized carbons (Fsp3) is 0.0833. The topological polar surface area (TPSA) is 132 Å². The van der Waals surface area contributed by atoms with Gasteiger partial charge in [0, 0.05) is 5.39 Å². The van der Waals surface area contributed by atoms with Crippen LogP contribution in [0.5, 0.6) is 11.5 Å². The highest BCUT2D eigenvalue weighted by molar-refractivity contribution is 7.92. The summed E-state index contributed by atoms with van der Waals surface area (Å²) < 4.78 is 43.6. The van der Waals surface area contributed by atoms with Crippen LogP contribution in [0.1, 0.15) is 20.9 Å². The molecule has 10 heteroatoms. The van der Waals surface area contributed by atoms with Crippen molar-refractivity contribution in [3.8, 4) is 11.5 Å². The van der Waals surface area contributed by atoms with E-state index in [-0.39, 0.29) is 16.3 Å². The number of para-hydroxylation sites is 3. The van der Waals surface area contributed by atoms with Crippen LogP contribution in [-0.4, -0.2) is 39.0 Å². The molecule has 0 amide bonds. The van der Waals surface area contributed by atoms with Crippen molar-refractivity contribution >= 4 is 38.4 Å². The Morgan fingerprint density at radius 3 is 2.50 bits per heavy atom. The monoisotopic (exact) mass is 481 g/mol. The van der Waals surface area contributed by atoms with E-state index in [9.17, 15) is 23.1 Å². The Labute approximate surface area is 194 Å². The number of Topliss-reactive ketones (excluding diaryl/α,β-unsaturated/α-hetero) is 1. The Morgan fingerprint density at radius 1 is 1.00 bits per heavy atom. The van der Waals surface area contributed by atoms with Crippen LogP contribution in [0.15, 0.2) is 82.1 Å². The van der Waals surface area contributed by atoms with E-state index in [0.717, 1.165) is 23.6 Å². The third-order valence-corrected chi connectivity index (χ3v) is 6.25. The first-order valence-electron chi connectivity index (χ1n) is 9.96. The number of ether oxygens (including phenoxy) is 2. The van der Waals surface area contributed by atoms with E-state index in [0.29, 0.717) is 11.3 Å². The van der Waals surface area contributed by atoms with Gasteiger partial charge in [-0.05, 0) is 42.5 Å². The molecule has 0 aliphatic rings. The number of fused-ring (bicyclic) bond motifs is 1. The molecule has 0 spiro atoms. The highest BCUT2D eigenvalue weighted by Crippen LogP contribution is 2.28. The number of carbonyl (C=O) groups excluding carboxylic acids is 2. The number of nitrogens with one attached hydrogen (secondary N) is 1. The molecule has 0 bridgehead atoms. The lowest BCUT2D eigenvalue weighted by Gasteiger charge is -2.12. The number of sulfonamides is 1. The van der Waals surface area contributed by atoms with Crippen LogP contribution < -0.4 is 9.46 Å². The molecule has 0 aliphatic carbocycles. The lowest BCUT2D eigenvalue weighted by atomic mass is 10.2. The molecule has 34 heavy (non-hydrogen) atoms. The summed E-state index contributed by atoms with van der Waals surface area (Å²) in [5, 5.41) is 10.8. The number of esters is 1. The largest absolute Gasteiger partial charge is 0.507 e. The summed E-state index contributed by atoms with van der Waals surface area (Å²) in [4.78, 5) is 24.6. The number of ketones is 1. The number of anilines is 1. The summed E-state index contributed by atoms with van der Waals surface area (Å²) in [6, 6.07) is 18.1. The first-order chi connectivity index (χ1) is 16.3. The molecule has 4 rings (SSSR count). The van der Waals surface area contributed by atoms with E-state index in [2.05, 4.69) is 4.72 Å². The number of hydrogen-bond donors (Lipinski definition) is 2. The van der Waals surface area contributed by atoms with Crippen molar-refractivity contribution in [3.05, 3.63) is 84.1 Å². The SMILES string of the molecule is COc1ccccc1NS(=O)(=O)c1ccc(O)c(C(=O)OCC(=O)c2cc3ccccc3o2)c1. The van der Waals surface area contributed by atoms with Crippen molar-refractivity contribution in [1.29, 1.82) is 0 Å². The van der Waals surface area contributed by atoms with Gasteiger partial charge >= 0.3 is 5.97 Å². The third-order valence-electron chi connectivity index (χ3n) is 4.88. The molecule has 0 unspecified atom stereocenters. The van der Waals surface area contributed by atoms with Gasteiger partial charge in [0.2, 0.25) is 5.78 Å². The molecule has 1 aromatic heterocycles. The molecule has 0 atom stereocenters. The average molecular weight is 481 g/mol. The number of furan rings is 1. The lowest BCUT2D eigenvalue weighted by molar-refractivity contribution is 0.0465. The van der Waals surface area contributed by atoms with Crippen molar-refractivity contribution in [2.45, 2.75) is 4.90 Å². The van der Waals surface area contributed by atoms with Gasteiger partial charge in [-0.15, -0.1) is 0 Å². The third kappa shape index (κ3) is 4.71. The number of phenols is 1. The molecular weight excluding hydrogens is 462 g/mol. The van der Waals surface area contributed by atoms with Gasteiger partial charge in [-0.25, -0.2) is 13.2 Å². The molecule has 0 saturated carbocycles. The lowest BCUT2D eigenvalue weighted by Crippen LogP contribution is -2.16. The predicted octanol–water partition coefficient (Wildman–Crippen LogP) is 3.99. The second-order valence-corrected chi connectivity index (χ2v) is 8.81. The molecule has 0 fully saturated rings. The minimum absolute atomic E-state index is 0.00978. The molecule has 0 radical (unpaired) electrons. The first-order valence-corrected chi connectivity index (χ1v) is 11.4. The molecule has 174 valence electrons. The molecule has 0 aliphatic heterocycles. The van der Waals surface area contributed by atoms with Crippen molar-refractivity contribution in [2.24, 2.45) is 0 Å². The van der Waals surface area contributed by atoms with Gasteiger partial charge < -0.3 is 19.0 Å². The zero-order valence-corrected chi connectivity index (χ0v) is 18.7. The van der Waals surface area contributed by atoms with Crippen molar-refractivity contribution in [1.82, 2.24) is 0 Å². The Kier molecular flexibility index (Phi) is 6.24. The van der Waals surface area contributed by atoms with Gasteiger partial charge in [-0.3, -0.25) is 9.52 Å². The van der Waals surface area contributed by atoms with Gasteiger partial charge in [0.25, 0.3) is 10.0 Å². The Balaban J connectivity index is 1.50. The summed E-state index contributed by atoms with van der Waals surface area (Å²) in [5.41, 5.74) is 0.286. The minimum atomic E-state index is -4.14. The normalized spacial score (nSPS) is 11.2. The summed E-state index contributed by atoms with van der Waals surface area (Å²) >= 11 is 0. The molecular formula is C24H19NO8S. The summed E-state index contributed by atoms with van der Waals surface area (Å²) in [6.45, 7) is -0.658. The van der Waals surface area contributed by atoms with Gasteiger partial charge in [0.1, 0.15) is 22.6 Å². The number of aromatic hydroxyl groups is 1. The van der Waals surface area contributed by atoms with E-state index in [1.165, 1.54) is 19.2 Å². The van der Waals surface area contributed by atoms with Crippen LogP contribution in [0.25, 0.3) is 11.0 Å². The smallest absolute Gasteiger partial charge is 0.342 e. The van der Waals surface area contributed by atoms with E-state index in [1.807, 2.05) is 0 Å². The number of methoxy groups -OCH3 is 1. The minimum Gasteiger partial charge on any atom is -0.507 e. The van der Waals surface area contributed by atoms with E-state index in [4.69, 9.17) is 13.9 Å². The van der Waals surface area contributed by atoms with Crippen LogP contribution in [0.4, 0.5) is 5.69 Å². The van der Waals surface area contributed by atoms with Crippen molar-refractivity contribution < 1.29 is 37.0 Å². The molecule has 2 N–H and O–H groups in total. The van der Waals surface area contributed by atoms with Crippen molar-refractivity contribution in [2.75, 3.05) is 18.4 Å². The highest BCUT2D eigenvalue weighted by Gasteiger charge is 2.22. The number of benzene rings is 3. The van der Waals surface area contributed by atoms with Crippen LogP contribution in [0.2, 0.25) is 0 Å². The maximum Gasteiger partial charge on any atom is 0.342 e. The van der Waals surface area contributed by atoms with Crippen LogP contribution in [-0.2, 0) is 14.8 Å². The molecule has 4 aromatic rings. The van der Waals surface area contributed by atoms with Gasteiger partial charge in [0.05, 0.1) is 17.7 Å². The standard InChI is InChI=1S/C24H19NO8S/c1-31-22-9-5-3-7-18(22)25-34(29,30)16-10-11-19(26)17(13-16)24(28)32-14-20(27)23-12-15-6-2-4-8-21(15)33-23/h2-13,25-26H,14H2,1H3. The second kappa shape index (κ2) is 9.28. The summed E-state index contributed by atoms with van der Waals surface area (Å²) in [6.07, 6.45) is 0. The van der Waals surface area contributed by atoms with E-state index in [1.54, 1.807) is 42.5 Å². The first kappa shape index (κ1) is 22.9. The number of rotatable bonds is 8. The molecule has 3 aromatic carbocycles. The van der Waals surface area contributed by atoms with E-state index < -0.39 is 39.7 Å². The fourth-order valence-electron chi connectivity index (χ4n) is 3.18. The Bertz CT molecular complexity index is 1460. The zero-order valence-electron chi connectivity index (χ0n) is 17.8. The molecule has 9 nitrogen and oxygen atoms in total. The molecule has 0 saturated heterocycles. The highest BCUT2D eigenvalue weighted by atomic mass is 32.2. The number of phenolic OH excluding ortho intramolecular Hbond substituents is 1. The van der Waals surface area contributed by atoms with E-state index >= 15 is 0 Å². The fourth-order valence-corrected chi connectivity index (χ4v) is 4.27. The maximum atomic E-state index is 12.8. The summed E-state index contributed by atoms with van der Waals surface area (Å²) in [7, 11) is -2.74.